The lowest BCUT2D eigenvalue weighted by atomic mass is 10.3. The fourth-order valence-electron chi connectivity index (χ4n) is 1.32. The van der Waals surface area contributed by atoms with Gasteiger partial charge < -0.3 is 9.84 Å². The molecule has 1 heterocycles. The SMILES string of the molecule is OCc1cn(-c2cccc(OC(F)(F)F)c2)nn1. The maximum absolute atomic E-state index is 12.0. The number of rotatable bonds is 3. The van der Waals surface area contributed by atoms with Crippen LogP contribution < -0.4 is 4.74 Å². The van der Waals surface area contributed by atoms with Gasteiger partial charge in [-0.3, -0.25) is 0 Å². The summed E-state index contributed by atoms with van der Waals surface area (Å²) in [6, 6.07) is 5.29. The highest BCUT2D eigenvalue weighted by Gasteiger charge is 2.31. The van der Waals surface area contributed by atoms with Gasteiger partial charge in [0.15, 0.2) is 0 Å². The molecule has 1 aromatic carbocycles. The average Bonchev–Trinajstić information content (AvgIpc) is 2.75. The van der Waals surface area contributed by atoms with E-state index in [1.54, 1.807) is 6.07 Å². The molecule has 0 aliphatic carbocycles. The van der Waals surface area contributed by atoms with Crippen molar-refractivity contribution in [2.24, 2.45) is 0 Å². The molecule has 0 fully saturated rings. The van der Waals surface area contributed by atoms with Crippen LogP contribution in [0, 0.1) is 0 Å². The van der Waals surface area contributed by atoms with Crippen LogP contribution in [-0.2, 0) is 6.61 Å². The van der Waals surface area contributed by atoms with Crippen molar-refractivity contribution < 1.29 is 23.0 Å². The van der Waals surface area contributed by atoms with Crippen molar-refractivity contribution in [3.8, 4) is 11.4 Å². The summed E-state index contributed by atoms with van der Waals surface area (Å²) >= 11 is 0. The number of alkyl halides is 3. The van der Waals surface area contributed by atoms with Crippen LogP contribution in [0.2, 0.25) is 0 Å². The molecular weight excluding hydrogens is 251 g/mol. The van der Waals surface area contributed by atoms with Crippen molar-refractivity contribution in [3.63, 3.8) is 0 Å². The summed E-state index contributed by atoms with van der Waals surface area (Å²) in [5.41, 5.74) is 0.668. The van der Waals surface area contributed by atoms with Crippen LogP contribution in [0.1, 0.15) is 5.69 Å². The van der Waals surface area contributed by atoms with E-state index in [1.165, 1.54) is 29.1 Å². The highest BCUT2D eigenvalue weighted by Crippen LogP contribution is 2.24. The summed E-state index contributed by atoms with van der Waals surface area (Å²) in [6.07, 6.45) is -3.33. The third-order valence-corrected chi connectivity index (χ3v) is 2.02. The monoisotopic (exact) mass is 259 g/mol. The Morgan fingerprint density at radius 3 is 2.72 bits per heavy atom. The molecule has 1 N–H and O–H groups in total. The zero-order valence-corrected chi connectivity index (χ0v) is 8.92. The van der Waals surface area contributed by atoms with Crippen molar-refractivity contribution in [3.05, 3.63) is 36.2 Å². The van der Waals surface area contributed by atoms with E-state index in [-0.39, 0.29) is 12.4 Å². The second kappa shape index (κ2) is 4.65. The number of nitrogens with zero attached hydrogens (tertiary/aromatic N) is 3. The van der Waals surface area contributed by atoms with Crippen molar-refractivity contribution >= 4 is 0 Å². The second-order valence-electron chi connectivity index (χ2n) is 3.36. The smallest absolute Gasteiger partial charge is 0.406 e. The molecule has 96 valence electrons. The molecule has 0 saturated heterocycles. The van der Waals surface area contributed by atoms with Gasteiger partial charge in [-0.05, 0) is 12.1 Å². The number of halogens is 3. The number of ether oxygens (including phenoxy) is 1. The zero-order chi connectivity index (χ0) is 13.2. The van der Waals surface area contributed by atoms with Crippen molar-refractivity contribution in [2.75, 3.05) is 0 Å². The molecule has 0 radical (unpaired) electrons. The molecule has 0 bridgehead atoms. The normalized spacial score (nSPS) is 11.6. The average molecular weight is 259 g/mol. The van der Waals surface area contributed by atoms with E-state index in [2.05, 4.69) is 15.0 Å². The topological polar surface area (TPSA) is 60.2 Å². The number of aromatic nitrogens is 3. The van der Waals surface area contributed by atoms with Crippen LogP contribution in [0.15, 0.2) is 30.5 Å². The molecule has 0 saturated carbocycles. The van der Waals surface area contributed by atoms with Crippen molar-refractivity contribution in [1.82, 2.24) is 15.0 Å². The van der Waals surface area contributed by atoms with Crippen LogP contribution in [-0.4, -0.2) is 26.5 Å². The lowest BCUT2D eigenvalue weighted by molar-refractivity contribution is -0.274. The largest absolute Gasteiger partial charge is 0.573 e. The Balaban J connectivity index is 2.26. The van der Waals surface area contributed by atoms with Gasteiger partial charge in [0.25, 0.3) is 0 Å². The first-order valence-corrected chi connectivity index (χ1v) is 4.86. The van der Waals surface area contributed by atoms with Gasteiger partial charge >= 0.3 is 6.36 Å². The molecule has 0 amide bonds. The molecule has 8 heteroatoms. The highest BCUT2D eigenvalue weighted by atomic mass is 19.4. The molecule has 2 aromatic rings. The first-order valence-electron chi connectivity index (χ1n) is 4.86. The molecule has 1 aromatic heterocycles. The summed E-state index contributed by atoms with van der Waals surface area (Å²) < 4.78 is 41.2. The summed E-state index contributed by atoms with van der Waals surface area (Å²) in [4.78, 5) is 0. The van der Waals surface area contributed by atoms with Gasteiger partial charge in [-0.2, -0.15) is 0 Å². The second-order valence-corrected chi connectivity index (χ2v) is 3.36. The Kier molecular flexibility index (Phi) is 3.19. The van der Waals surface area contributed by atoms with Crippen LogP contribution in [0.4, 0.5) is 13.2 Å². The molecule has 2 rings (SSSR count). The minimum Gasteiger partial charge on any atom is -0.406 e. The number of aliphatic hydroxyl groups excluding tert-OH is 1. The van der Waals surface area contributed by atoms with Crippen LogP contribution >= 0.6 is 0 Å². The molecule has 0 spiro atoms. The fourth-order valence-corrected chi connectivity index (χ4v) is 1.32. The molecule has 0 unspecified atom stereocenters. The molecular formula is C10H8F3N3O2. The minimum absolute atomic E-state index is 0.293. The van der Waals surface area contributed by atoms with Gasteiger partial charge in [-0.1, -0.05) is 11.3 Å². The predicted octanol–water partition coefficient (Wildman–Crippen LogP) is 1.66. The van der Waals surface area contributed by atoms with E-state index < -0.39 is 6.36 Å². The van der Waals surface area contributed by atoms with Crippen molar-refractivity contribution in [2.45, 2.75) is 13.0 Å². The first kappa shape index (κ1) is 12.4. The lowest BCUT2D eigenvalue weighted by Crippen LogP contribution is -2.17. The molecule has 0 aliphatic heterocycles. The van der Waals surface area contributed by atoms with Crippen LogP contribution in [0.3, 0.4) is 0 Å². The maximum atomic E-state index is 12.0. The summed E-state index contributed by atoms with van der Waals surface area (Å²) in [5.74, 6) is -0.346. The lowest BCUT2D eigenvalue weighted by Gasteiger charge is -2.09. The Morgan fingerprint density at radius 2 is 2.11 bits per heavy atom. The molecule has 0 aliphatic rings. The first-order chi connectivity index (χ1) is 8.48. The predicted molar refractivity (Wildman–Crippen MR) is 54.0 cm³/mol. The van der Waals surface area contributed by atoms with Gasteiger partial charge in [0, 0.05) is 6.07 Å². The minimum atomic E-state index is -4.74. The number of hydrogen-bond donors (Lipinski definition) is 1. The fraction of sp³-hybridized carbons (Fsp3) is 0.200. The Hall–Kier alpha value is -2.09. The van der Waals surface area contributed by atoms with E-state index in [4.69, 9.17) is 5.11 Å². The van der Waals surface area contributed by atoms with E-state index in [1.807, 2.05) is 0 Å². The summed E-state index contributed by atoms with van der Waals surface area (Å²) in [7, 11) is 0. The van der Waals surface area contributed by atoms with Crippen molar-refractivity contribution in [1.29, 1.82) is 0 Å². The zero-order valence-electron chi connectivity index (χ0n) is 8.92. The van der Waals surface area contributed by atoms with Gasteiger partial charge in [-0.15, -0.1) is 18.3 Å². The van der Waals surface area contributed by atoms with Gasteiger partial charge in [-0.25, -0.2) is 4.68 Å². The third kappa shape index (κ3) is 2.98. The van der Waals surface area contributed by atoms with Crippen LogP contribution in [0.25, 0.3) is 5.69 Å². The molecule has 0 atom stereocenters. The Morgan fingerprint density at radius 1 is 1.33 bits per heavy atom. The Bertz CT molecular complexity index is 539. The van der Waals surface area contributed by atoms with E-state index in [9.17, 15) is 13.2 Å². The van der Waals surface area contributed by atoms with Crippen LogP contribution in [0.5, 0.6) is 5.75 Å². The molecule has 5 nitrogen and oxygen atoms in total. The third-order valence-electron chi connectivity index (χ3n) is 2.02. The highest BCUT2D eigenvalue weighted by molar-refractivity contribution is 5.38. The van der Waals surface area contributed by atoms with E-state index in [0.717, 1.165) is 0 Å². The standard InChI is InChI=1S/C10H8F3N3O2/c11-10(12,13)18-9-3-1-2-8(4-9)16-5-7(6-17)14-15-16/h1-5,17H,6H2. The number of hydrogen-bond acceptors (Lipinski definition) is 4. The number of benzene rings is 1. The van der Waals surface area contributed by atoms with Gasteiger partial charge in [0.1, 0.15) is 11.4 Å². The number of aliphatic hydroxyl groups is 1. The Labute approximate surface area is 99.4 Å². The maximum Gasteiger partial charge on any atom is 0.573 e. The summed E-state index contributed by atoms with van der Waals surface area (Å²) in [5, 5.41) is 16.1. The molecule has 18 heavy (non-hydrogen) atoms. The summed E-state index contributed by atoms with van der Waals surface area (Å²) in [6.45, 7) is -0.293. The van der Waals surface area contributed by atoms with E-state index in [0.29, 0.717) is 11.4 Å². The van der Waals surface area contributed by atoms with E-state index >= 15 is 0 Å². The van der Waals surface area contributed by atoms with Gasteiger partial charge in [0.05, 0.1) is 18.5 Å². The quantitative estimate of drug-likeness (QED) is 0.910. The van der Waals surface area contributed by atoms with Gasteiger partial charge in [0.2, 0.25) is 0 Å².